The van der Waals surface area contributed by atoms with Gasteiger partial charge in [-0.05, 0) is 18.2 Å². The molecule has 1 saturated heterocycles. The minimum absolute atomic E-state index is 0.0876. The zero-order valence-electron chi connectivity index (χ0n) is 11.3. The fourth-order valence-electron chi connectivity index (χ4n) is 2.09. The molecular formula is C14H14N2O6. The smallest absolute Gasteiger partial charge is 0.229 e. The lowest BCUT2D eigenvalue weighted by atomic mass is 9.99. The van der Waals surface area contributed by atoms with Gasteiger partial charge in [-0.3, -0.25) is 0 Å². The highest BCUT2D eigenvalue weighted by molar-refractivity contribution is 5.49. The Morgan fingerprint density at radius 3 is 2.32 bits per heavy atom. The van der Waals surface area contributed by atoms with E-state index in [1.807, 2.05) is 12.1 Å². The molecule has 8 nitrogen and oxygen atoms in total. The molecule has 0 aromatic heterocycles. The largest absolute Gasteiger partial charge is 0.462 e. The highest BCUT2D eigenvalue weighted by Crippen LogP contribution is 2.25. The minimum Gasteiger partial charge on any atom is -0.462 e. The Morgan fingerprint density at radius 1 is 1.05 bits per heavy atom. The van der Waals surface area contributed by atoms with Gasteiger partial charge in [-0.25, -0.2) is 0 Å². The molecule has 1 fully saturated rings. The summed E-state index contributed by atoms with van der Waals surface area (Å²) in [6.45, 7) is -0.568. The van der Waals surface area contributed by atoms with Crippen molar-refractivity contribution in [3.63, 3.8) is 0 Å². The Bertz CT molecular complexity index is 621. The van der Waals surface area contributed by atoms with E-state index in [0.29, 0.717) is 0 Å². The van der Waals surface area contributed by atoms with Crippen molar-refractivity contribution in [2.24, 2.45) is 0 Å². The van der Waals surface area contributed by atoms with Crippen LogP contribution in [0.2, 0.25) is 0 Å². The first-order valence-corrected chi connectivity index (χ1v) is 6.43. The zero-order chi connectivity index (χ0) is 16.3. The van der Waals surface area contributed by atoms with Gasteiger partial charge in [-0.1, -0.05) is 0 Å². The second-order valence-corrected chi connectivity index (χ2v) is 4.75. The molecule has 22 heavy (non-hydrogen) atoms. The van der Waals surface area contributed by atoms with E-state index < -0.39 is 37.3 Å². The normalized spacial score (nSPS) is 31.1. The van der Waals surface area contributed by atoms with Gasteiger partial charge in [0.15, 0.2) is 0 Å². The van der Waals surface area contributed by atoms with Crippen LogP contribution in [0.15, 0.2) is 18.2 Å². The molecule has 8 heteroatoms. The Labute approximate surface area is 126 Å². The molecule has 0 spiro atoms. The number of ether oxygens (including phenoxy) is 2. The average Bonchev–Trinajstić information content (AvgIpc) is 2.55. The summed E-state index contributed by atoms with van der Waals surface area (Å²) in [5, 5.41) is 56.0. The van der Waals surface area contributed by atoms with Crippen molar-refractivity contribution in [1.82, 2.24) is 0 Å². The molecule has 116 valence electrons. The van der Waals surface area contributed by atoms with Crippen LogP contribution in [0.4, 0.5) is 0 Å². The SMILES string of the molecule is N#Cc1ccc(OC2O[C@H](CO)[C@H](O)[C@H](O)[C@H]2O)cc1C#N. The van der Waals surface area contributed by atoms with E-state index in [9.17, 15) is 15.3 Å². The first-order chi connectivity index (χ1) is 10.5. The van der Waals surface area contributed by atoms with E-state index in [4.69, 9.17) is 25.1 Å². The quantitative estimate of drug-likeness (QED) is 0.533. The molecule has 1 aliphatic rings. The third kappa shape index (κ3) is 3.02. The summed E-state index contributed by atoms with van der Waals surface area (Å²) in [5.74, 6) is 0.139. The second kappa shape index (κ2) is 6.71. The average molecular weight is 306 g/mol. The maximum Gasteiger partial charge on any atom is 0.229 e. The van der Waals surface area contributed by atoms with Gasteiger partial charge >= 0.3 is 0 Å². The maximum atomic E-state index is 9.85. The second-order valence-electron chi connectivity index (χ2n) is 4.75. The van der Waals surface area contributed by atoms with Crippen molar-refractivity contribution >= 4 is 0 Å². The van der Waals surface area contributed by atoms with E-state index in [-0.39, 0.29) is 16.9 Å². The van der Waals surface area contributed by atoms with Gasteiger partial charge in [0.1, 0.15) is 42.3 Å². The summed E-state index contributed by atoms with van der Waals surface area (Å²) >= 11 is 0. The number of hydrogen-bond acceptors (Lipinski definition) is 8. The van der Waals surface area contributed by atoms with Crippen LogP contribution >= 0.6 is 0 Å². The summed E-state index contributed by atoms with van der Waals surface area (Å²) in [5.41, 5.74) is 0.258. The molecule has 1 heterocycles. The lowest BCUT2D eigenvalue weighted by Crippen LogP contribution is -2.60. The molecular weight excluding hydrogens is 292 g/mol. The predicted octanol–water partition coefficient (Wildman–Crippen LogP) is -1.39. The van der Waals surface area contributed by atoms with Crippen LogP contribution < -0.4 is 4.74 Å². The van der Waals surface area contributed by atoms with E-state index >= 15 is 0 Å². The van der Waals surface area contributed by atoms with Gasteiger partial charge in [-0.15, -0.1) is 0 Å². The van der Waals surface area contributed by atoms with Crippen molar-refractivity contribution < 1.29 is 29.9 Å². The summed E-state index contributed by atoms with van der Waals surface area (Å²) in [7, 11) is 0. The van der Waals surface area contributed by atoms with Crippen LogP contribution in [-0.2, 0) is 4.74 Å². The number of aliphatic hydroxyl groups excluding tert-OH is 4. The van der Waals surface area contributed by atoms with Gasteiger partial charge in [0.25, 0.3) is 0 Å². The topological polar surface area (TPSA) is 147 Å². The van der Waals surface area contributed by atoms with Gasteiger partial charge < -0.3 is 29.9 Å². The van der Waals surface area contributed by atoms with Crippen LogP contribution in [0.3, 0.4) is 0 Å². The Kier molecular flexibility index (Phi) is 4.93. The van der Waals surface area contributed by atoms with Crippen LogP contribution in [0.25, 0.3) is 0 Å². The molecule has 1 unspecified atom stereocenters. The van der Waals surface area contributed by atoms with Crippen LogP contribution in [0, 0.1) is 22.7 Å². The zero-order valence-corrected chi connectivity index (χ0v) is 11.3. The summed E-state index contributed by atoms with van der Waals surface area (Å²) in [6, 6.07) is 7.75. The van der Waals surface area contributed by atoms with E-state index in [1.165, 1.54) is 18.2 Å². The first kappa shape index (κ1) is 16.2. The molecule has 1 aromatic rings. The van der Waals surface area contributed by atoms with E-state index in [2.05, 4.69) is 0 Å². The van der Waals surface area contributed by atoms with Crippen LogP contribution in [0.5, 0.6) is 5.75 Å². The van der Waals surface area contributed by atoms with Crippen molar-refractivity contribution in [3.05, 3.63) is 29.3 Å². The standard InChI is InChI=1S/C14H14N2O6/c15-4-7-1-2-9(3-8(7)5-16)21-14-13(20)12(19)11(18)10(6-17)22-14/h1-3,10-14,17-20H,6H2/t10-,11+,12+,13-,14?/m1/s1. The monoisotopic (exact) mass is 306 g/mol. The lowest BCUT2D eigenvalue weighted by molar-refractivity contribution is -0.277. The predicted molar refractivity (Wildman–Crippen MR) is 70.3 cm³/mol. The van der Waals surface area contributed by atoms with Gasteiger partial charge in [0.05, 0.1) is 17.7 Å². The van der Waals surface area contributed by atoms with Gasteiger partial charge in [-0.2, -0.15) is 10.5 Å². The van der Waals surface area contributed by atoms with Crippen molar-refractivity contribution in [1.29, 1.82) is 10.5 Å². The molecule has 0 amide bonds. The van der Waals surface area contributed by atoms with Crippen LogP contribution in [-0.4, -0.2) is 57.7 Å². The molecule has 0 saturated carbocycles. The number of hydrogen-bond donors (Lipinski definition) is 4. The number of aliphatic hydroxyl groups is 4. The molecule has 1 aromatic carbocycles. The van der Waals surface area contributed by atoms with Crippen molar-refractivity contribution in [3.8, 4) is 17.9 Å². The first-order valence-electron chi connectivity index (χ1n) is 6.43. The molecule has 5 atom stereocenters. The van der Waals surface area contributed by atoms with E-state index in [1.54, 1.807) is 0 Å². The minimum atomic E-state index is -1.55. The highest BCUT2D eigenvalue weighted by Gasteiger charge is 2.44. The fourth-order valence-corrected chi connectivity index (χ4v) is 2.09. The number of benzene rings is 1. The Morgan fingerprint density at radius 2 is 1.73 bits per heavy atom. The Balaban J connectivity index is 2.20. The Hall–Kier alpha value is -2.20. The summed E-state index contributed by atoms with van der Waals surface area (Å²) in [4.78, 5) is 0. The van der Waals surface area contributed by atoms with Gasteiger partial charge in [0.2, 0.25) is 6.29 Å². The molecule has 0 bridgehead atoms. The fraction of sp³-hybridized carbons (Fsp3) is 0.429. The molecule has 2 rings (SSSR count). The summed E-state index contributed by atoms with van der Waals surface area (Å²) < 4.78 is 10.5. The summed E-state index contributed by atoms with van der Waals surface area (Å²) in [6.07, 6.45) is -6.99. The molecule has 1 aliphatic heterocycles. The molecule has 0 aliphatic carbocycles. The van der Waals surface area contributed by atoms with Crippen molar-refractivity contribution in [2.45, 2.75) is 30.7 Å². The number of nitrogens with zero attached hydrogens (tertiary/aromatic N) is 2. The van der Waals surface area contributed by atoms with E-state index in [0.717, 1.165) is 0 Å². The third-order valence-corrected chi connectivity index (χ3v) is 3.33. The molecule has 0 radical (unpaired) electrons. The molecule has 4 N–H and O–H groups in total. The van der Waals surface area contributed by atoms with Gasteiger partial charge in [0, 0.05) is 0 Å². The number of rotatable bonds is 3. The maximum absolute atomic E-state index is 9.85. The highest BCUT2D eigenvalue weighted by atomic mass is 16.7. The number of nitriles is 2. The lowest BCUT2D eigenvalue weighted by Gasteiger charge is -2.39. The third-order valence-electron chi connectivity index (χ3n) is 3.33. The van der Waals surface area contributed by atoms with Crippen molar-refractivity contribution in [2.75, 3.05) is 6.61 Å². The van der Waals surface area contributed by atoms with Crippen LogP contribution in [0.1, 0.15) is 11.1 Å².